The zero-order valence-corrected chi connectivity index (χ0v) is 19.2. The van der Waals surface area contributed by atoms with Gasteiger partial charge >= 0.3 is 0 Å². The van der Waals surface area contributed by atoms with Crippen LogP contribution in [-0.4, -0.2) is 19.3 Å². The second-order valence-corrected chi connectivity index (χ2v) is 9.77. The van der Waals surface area contributed by atoms with E-state index in [0.717, 1.165) is 5.56 Å². The number of amides is 1. The number of oxazole rings is 1. The van der Waals surface area contributed by atoms with Gasteiger partial charge in [0.15, 0.2) is 9.84 Å². The van der Waals surface area contributed by atoms with Crippen LogP contribution in [0.5, 0.6) is 0 Å². The zero-order valence-electron chi connectivity index (χ0n) is 18.4. The third-order valence-electron chi connectivity index (χ3n) is 5.36. The summed E-state index contributed by atoms with van der Waals surface area (Å²) in [4.78, 5) is 17.3. The predicted molar refractivity (Wildman–Crippen MR) is 126 cm³/mol. The van der Waals surface area contributed by atoms with Gasteiger partial charge in [0, 0.05) is 11.1 Å². The number of nitrogens with one attached hydrogen (secondary N) is 1. The predicted octanol–water partition coefficient (Wildman–Crippen LogP) is 5.11. The number of carbonyl (C=O) groups is 1. The van der Waals surface area contributed by atoms with Gasteiger partial charge in [0.25, 0.3) is 5.91 Å². The van der Waals surface area contributed by atoms with Crippen LogP contribution in [0.1, 0.15) is 40.3 Å². The number of carbonyl (C=O) groups excluding carboxylic acids is 1. The van der Waals surface area contributed by atoms with E-state index in [2.05, 4.69) is 10.3 Å². The highest BCUT2D eigenvalue weighted by molar-refractivity contribution is 7.90. The van der Waals surface area contributed by atoms with Crippen molar-refractivity contribution < 1.29 is 17.6 Å². The minimum Gasteiger partial charge on any atom is -0.441 e. The first-order chi connectivity index (χ1) is 15.8. The quantitative estimate of drug-likeness (QED) is 0.414. The van der Waals surface area contributed by atoms with Crippen LogP contribution in [0.25, 0.3) is 11.5 Å². The molecule has 6 nitrogen and oxygen atoms in total. The van der Waals surface area contributed by atoms with E-state index in [0.29, 0.717) is 28.5 Å². The van der Waals surface area contributed by atoms with E-state index in [1.165, 1.54) is 0 Å². The number of rotatable bonds is 7. The van der Waals surface area contributed by atoms with Crippen LogP contribution >= 0.6 is 0 Å². The third kappa shape index (κ3) is 5.21. The fourth-order valence-electron chi connectivity index (χ4n) is 3.45. The van der Waals surface area contributed by atoms with Crippen LogP contribution < -0.4 is 5.32 Å². The van der Waals surface area contributed by atoms with E-state index in [9.17, 15) is 13.2 Å². The van der Waals surface area contributed by atoms with Crippen LogP contribution in [0.2, 0.25) is 0 Å². The average molecular weight is 461 g/mol. The minimum atomic E-state index is -3.53. The molecular weight excluding hydrogens is 436 g/mol. The molecule has 4 rings (SSSR count). The van der Waals surface area contributed by atoms with E-state index in [1.807, 2.05) is 37.3 Å². The van der Waals surface area contributed by atoms with Gasteiger partial charge in [-0.2, -0.15) is 0 Å². The Morgan fingerprint density at radius 2 is 1.55 bits per heavy atom. The molecule has 7 heteroatoms. The SMILES string of the molecule is Cc1oc(-c2ccc(C(=O)N[C@@H](C)c3ccccc3)cc2)nc1CS(=O)(=O)c1ccccc1. The van der Waals surface area contributed by atoms with E-state index in [1.54, 1.807) is 61.5 Å². The molecule has 0 bridgehead atoms. The fourth-order valence-corrected chi connectivity index (χ4v) is 4.81. The van der Waals surface area contributed by atoms with Crippen molar-refractivity contribution in [1.29, 1.82) is 0 Å². The molecule has 4 aromatic rings. The summed E-state index contributed by atoms with van der Waals surface area (Å²) in [6, 6.07) is 24.8. The molecule has 0 saturated heterocycles. The fraction of sp³-hybridized carbons (Fsp3) is 0.154. The average Bonchev–Trinajstić information content (AvgIpc) is 3.19. The second kappa shape index (κ2) is 9.42. The van der Waals surface area contributed by atoms with Crippen molar-refractivity contribution in [3.63, 3.8) is 0 Å². The lowest BCUT2D eigenvalue weighted by atomic mass is 10.1. The Balaban J connectivity index is 1.48. The molecule has 1 amide bonds. The van der Waals surface area contributed by atoms with Crippen molar-refractivity contribution >= 4 is 15.7 Å². The first kappa shape index (κ1) is 22.5. The normalized spacial score (nSPS) is 12.3. The topological polar surface area (TPSA) is 89.3 Å². The lowest BCUT2D eigenvalue weighted by Crippen LogP contribution is -2.26. The Morgan fingerprint density at radius 1 is 0.939 bits per heavy atom. The zero-order chi connectivity index (χ0) is 23.4. The number of hydrogen-bond donors (Lipinski definition) is 1. The summed E-state index contributed by atoms with van der Waals surface area (Å²) in [5.74, 6) is 0.332. The maximum Gasteiger partial charge on any atom is 0.251 e. The van der Waals surface area contributed by atoms with Crippen LogP contribution in [0.3, 0.4) is 0 Å². The number of hydrogen-bond acceptors (Lipinski definition) is 5. The van der Waals surface area contributed by atoms with E-state index in [4.69, 9.17) is 4.42 Å². The van der Waals surface area contributed by atoms with Gasteiger partial charge in [-0.3, -0.25) is 4.79 Å². The molecule has 0 spiro atoms. The van der Waals surface area contributed by atoms with Crippen LogP contribution in [0, 0.1) is 6.92 Å². The monoisotopic (exact) mass is 460 g/mol. The summed E-state index contributed by atoms with van der Waals surface area (Å²) < 4.78 is 31.1. The van der Waals surface area contributed by atoms with Crippen molar-refractivity contribution in [3.05, 3.63) is 108 Å². The molecule has 0 aliphatic heterocycles. The van der Waals surface area contributed by atoms with E-state index >= 15 is 0 Å². The van der Waals surface area contributed by atoms with Crippen LogP contribution in [-0.2, 0) is 15.6 Å². The van der Waals surface area contributed by atoms with Crippen molar-refractivity contribution in [2.24, 2.45) is 0 Å². The molecule has 1 aromatic heterocycles. The molecule has 168 valence electrons. The maximum absolute atomic E-state index is 12.7. The van der Waals surface area contributed by atoms with Crippen LogP contribution in [0.15, 0.2) is 94.2 Å². The lowest BCUT2D eigenvalue weighted by Gasteiger charge is -2.14. The highest BCUT2D eigenvalue weighted by Crippen LogP contribution is 2.25. The molecule has 1 heterocycles. The first-order valence-electron chi connectivity index (χ1n) is 10.5. The Hall–Kier alpha value is -3.71. The third-order valence-corrected chi connectivity index (χ3v) is 7.01. The van der Waals surface area contributed by atoms with Gasteiger partial charge in [0.1, 0.15) is 11.5 Å². The summed E-state index contributed by atoms with van der Waals surface area (Å²) in [6.07, 6.45) is 0. The van der Waals surface area contributed by atoms with Crippen molar-refractivity contribution in [1.82, 2.24) is 10.3 Å². The molecule has 1 N–H and O–H groups in total. The van der Waals surface area contributed by atoms with E-state index < -0.39 is 9.84 Å². The highest BCUT2D eigenvalue weighted by Gasteiger charge is 2.21. The van der Waals surface area contributed by atoms with Gasteiger partial charge in [-0.15, -0.1) is 0 Å². The summed E-state index contributed by atoms with van der Waals surface area (Å²) in [5, 5.41) is 2.98. The van der Waals surface area contributed by atoms with Gasteiger partial charge in [-0.25, -0.2) is 13.4 Å². The van der Waals surface area contributed by atoms with Gasteiger partial charge in [0.2, 0.25) is 5.89 Å². The van der Waals surface area contributed by atoms with Gasteiger partial charge < -0.3 is 9.73 Å². The van der Waals surface area contributed by atoms with Crippen LogP contribution in [0.4, 0.5) is 0 Å². The summed E-state index contributed by atoms with van der Waals surface area (Å²) in [7, 11) is -3.53. The Kier molecular flexibility index (Phi) is 6.42. The highest BCUT2D eigenvalue weighted by atomic mass is 32.2. The summed E-state index contributed by atoms with van der Waals surface area (Å²) >= 11 is 0. The standard InChI is InChI=1S/C26H24N2O4S/c1-18(20-9-5-3-6-10-20)27-25(29)21-13-15-22(16-14-21)26-28-24(19(2)32-26)17-33(30,31)23-11-7-4-8-12-23/h3-16,18H,17H2,1-2H3,(H,27,29)/t18-/m0/s1. The van der Waals surface area contributed by atoms with Gasteiger partial charge in [-0.1, -0.05) is 48.5 Å². The molecule has 0 radical (unpaired) electrons. The molecule has 3 aromatic carbocycles. The Bertz CT molecular complexity index is 1350. The number of aromatic nitrogens is 1. The van der Waals surface area contributed by atoms with Gasteiger partial charge in [0.05, 0.1) is 16.6 Å². The molecule has 0 unspecified atom stereocenters. The lowest BCUT2D eigenvalue weighted by molar-refractivity contribution is 0.0940. The van der Waals surface area contributed by atoms with Gasteiger partial charge in [-0.05, 0) is 55.8 Å². The molecule has 33 heavy (non-hydrogen) atoms. The number of aryl methyl sites for hydroxylation is 1. The molecule has 0 saturated carbocycles. The van der Waals surface area contributed by atoms with E-state index in [-0.39, 0.29) is 22.6 Å². The Morgan fingerprint density at radius 3 is 2.18 bits per heavy atom. The number of benzene rings is 3. The van der Waals surface area contributed by atoms with Crippen molar-refractivity contribution in [2.75, 3.05) is 0 Å². The summed E-state index contributed by atoms with van der Waals surface area (Å²) in [5.41, 5.74) is 2.56. The first-order valence-corrected chi connectivity index (χ1v) is 12.2. The van der Waals surface area contributed by atoms with Crippen molar-refractivity contribution in [3.8, 4) is 11.5 Å². The smallest absolute Gasteiger partial charge is 0.251 e. The van der Waals surface area contributed by atoms with Crippen molar-refractivity contribution in [2.45, 2.75) is 30.5 Å². The minimum absolute atomic E-state index is 0.123. The summed E-state index contributed by atoms with van der Waals surface area (Å²) in [6.45, 7) is 3.63. The molecule has 0 aliphatic carbocycles. The second-order valence-electron chi connectivity index (χ2n) is 7.78. The molecule has 0 fully saturated rings. The number of nitrogens with zero attached hydrogens (tertiary/aromatic N) is 1. The largest absolute Gasteiger partial charge is 0.441 e. The number of sulfone groups is 1. The molecule has 0 aliphatic rings. The molecule has 1 atom stereocenters. The Labute approximate surface area is 193 Å². The molecular formula is C26H24N2O4S. The maximum atomic E-state index is 12.7.